The molecule has 0 bridgehead atoms. The molecule has 0 saturated carbocycles. The Labute approximate surface area is 68.3 Å². The van der Waals surface area contributed by atoms with Crippen LogP contribution in [0.25, 0.3) is 6.08 Å². The van der Waals surface area contributed by atoms with Crippen LogP contribution in [0.2, 0.25) is 2.82 Å². The maximum atomic E-state index is 10.8. The molecule has 11 heavy (non-hydrogen) atoms. The van der Waals surface area contributed by atoms with Crippen LogP contribution in [0, 0.1) is 0 Å². The summed E-state index contributed by atoms with van der Waals surface area (Å²) in [5.41, 5.74) is 0.914. The third-order valence-electron chi connectivity index (χ3n) is 1.22. The maximum absolute atomic E-state index is 10.8. The quantitative estimate of drug-likeness (QED) is 0.630. The molecule has 0 saturated heterocycles. The molecule has 0 aliphatic heterocycles. The molecule has 1 rings (SSSR count). The topological polar surface area (TPSA) is 43.1 Å². The molecule has 0 radical (unpaired) electrons. The van der Waals surface area contributed by atoms with E-state index in [0.29, 0.717) is 0 Å². The number of amides is 1. The first-order chi connectivity index (χ1) is 6.20. The fourth-order valence-electron chi connectivity index (χ4n) is 0.732. The highest BCUT2D eigenvalue weighted by atomic mass is 16.1. The molecule has 0 unspecified atom stereocenters. The van der Waals surface area contributed by atoms with Crippen LogP contribution in [0.4, 0.5) is 0 Å². The molecule has 1 aromatic carbocycles. The molecule has 0 aromatic heterocycles. The van der Waals surface area contributed by atoms with Crippen LogP contribution in [0.3, 0.4) is 0 Å². The summed E-state index contributed by atoms with van der Waals surface area (Å²) >= 11 is 0. The molecule has 0 fully saturated rings. The zero-order valence-electron chi connectivity index (χ0n) is 7.90. The molecule has 56 valence electrons. The van der Waals surface area contributed by atoms with E-state index < -0.39 is 5.91 Å². The number of carbonyl (C=O) groups excluding carboxylic acids is 1. The fourth-order valence-corrected chi connectivity index (χ4v) is 0.732. The second-order valence-corrected chi connectivity index (χ2v) is 2.08. The highest BCUT2D eigenvalue weighted by Gasteiger charge is 1.84. The van der Waals surface area contributed by atoms with Gasteiger partial charge in [0.2, 0.25) is 5.91 Å². The molecular formula is C9H9NO. The number of carbonyl (C=O) groups is 1. The Morgan fingerprint density at radius 1 is 1.45 bits per heavy atom. The number of hydrogen-bond donors (Lipinski definition) is 1. The van der Waals surface area contributed by atoms with E-state index in [9.17, 15) is 4.79 Å². The summed E-state index contributed by atoms with van der Waals surface area (Å²) in [6.45, 7) is 0. The molecule has 2 N–H and O–H groups in total. The summed E-state index contributed by atoms with van der Waals surface area (Å²) in [6.07, 6.45) is 2.76. The van der Waals surface area contributed by atoms with E-state index in [4.69, 9.17) is 2.82 Å². The van der Waals surface area contributed by atoms with Gasteiger partial charge in [0.25, 0.3) is 0 Å². The summed E-state index contributed by atoms with van der Waals surface area (Å²) in [7, 11) is 0. The minimum absolute atomic E-state index is 0.0411. The number of rotatable bonds is 2. The Bertz CT molecular complexity index is 309. The van der Waals surface area contributed by atoms with Gasteiger partial charge in [0.15, 0.2) is 2.82 Å². The molecule has 1 aromatic rings. The van der Waals surface area contributed by atoms with Gasteiger partial charge < -0.3 is 5.72 Å². The molecular weight excluding hydrogens is 138 g/mol. The molecule has 2 heteroatoms. The predicted octanol–water partition coefficient (Wildman–Crippen LogP) is 1.19. The van der Waals surface area contributed by atoms with Gasteiger partial charge in [-0.2, -0.15) is 0 Å². The van der Waals surface area contributed by atoms with E-state index in [-0.39, 0.29) is 5.72 Å². The van der Waals surface area contributed by atoms with Crippen molar-refractivity contribution in [2.75, 3.05) is 0 Å². The molecule has 0 spiro atoms. The molecule has 2 nitrogen and oxygen atoms in total. The van der Waals surface area contributed by atoms with Crippen LogP contribution in [-0.2, 0) is 4.79 Å². The van der Waals surface area contributed by atoms with Gasteiger partial charge in [-0.25, -0.2) is 0 Å². The van der Waals surface area contributed by atoms with Crippen LogP contribution < -0.4 is 5.72 Å². The normalized spacial score (nSPS) is 12.4. The van der Waals surface area contributed by atoms with Crippen molar-refractivity contribution in [3.05, 3.63) is 42.0 Å². The lowest BCUT2D eigenvalue weighted by Gasteiger charge is -1.88. The second-order valence-electron chi connectivity index (χ2n) is 2.08. The van der Waals surface area contributed by atoms with Gasteiger partial charge in [-0.05, 0) is 11.6 Å². The van der Waals surface area contributed by atoms with Crippen molar-refractivity contribution in [1.29, 1.82) is 0 Å². The van der Waals surface area contributed by atoms with Crippen molar-refractivity contribution in [3.63, 3.8) is 0 Å². The molecule has 0 heterocycles. The van der Waals surface area contributed by atoms with E-state index >= 15 is 0 Å². The van der Waals surface area contributed by atoms with Crippen molar-refractivity contribution in [3.8, 4) is 0 Å². The third-order valence-corrected chi connectivity index (χ3v) is 1.22. The van der Waals surface area contributed by atoms with Crippen molar-refractivity contribution in [2.45, 2.75) is 0 Å². The van der Waals surface area contributed by atoms with E-state index in [1.165, 1.54) is 6.08 Å². The lowest BCUT2D eigenvalue weighted by Crippen LogP contribution is -2.04. The number of benzene rings is 1. The van der Waals surface area contributed by atoms with E-state index in [1.54, 1.807) is 6.08 Å². The highest BCUT2D eigenvalue weighted by molar-refractivity contribution is 5.90. The second kappa shape index (κ2) is 3.56. The average molecular weight is 149 g/mol. The Kier molecular flexibility index (Phi) is 1.66. The molecule has 0 atom stereocenters. The summed E-state index contributed by atoms with van der Waals surface area (Å²) in [6, 6.07) is 9.25. The van der Waals surface area contributed by atoms with Crippen LogP contribution in [0.1, 0.15) is 5.56 Å². The Morgan fingerprint density at radius 3 is 2.82 bits per heavy atom. The minimum Gasteiger partial charge on any atom is -0.366 e. The van der Waals surface area contributed by atoms with E-state index in [1.807, 2.05) is 30.3 Å². The zero-order chi connectivity index (χ0) is 9.68. The van der Waals surface area contributed by atoms with Crippen molar-refractivity contribution < 1.29 is 7.62 Å². The molecule has 0 aliphatic carbocycles. The first kappa shape index (κ1) is 5.13. The SMILES string of the molecule is [2H]N([2H])C(=O)C=Cc1ccccc1. The van der Waals surface area contributed by atoms with Gasteiger partial charge in [0.1, 0.15) is 0 Å². The van der Waals surface area contributed by atoms with Gasteiger partial charge in [0.05, 0.1) is 0 Å². The van der Waals surface area contributed by atoms with Crippen LogP contribution in [0.5, 0.6) is 0 Å². The zero-order valence-corrected chi connectivity index (χ0v) is 5.90. The lowest BCUT2D eigenvalue weighted by atomic mass is 10.2. The van der Waals surface area contributed by atoms with Crippen LogP contribution in [0.15, 0.2) is 36.4 Å². The first-order valence-electron chi connectivity index (χ1n) is 4.14. The largest absolute Gasteiger partial charge is 0.366 e. The van der Waals surface area contributed by atoms with Crippen molar-refractivity contribution in [2.24, 2.45) is 5.72 Å². The Morgan fingerprint density at radius 2 is 2.18 bits per heavy atom. The first-order valence-corrected chi connectivity index (χ1v) is 3.25. The van der Waals surface area contributed by atoms with E-state index in [2.05, 4.69) is 0 Å². The van der Waals surface area contributed by atoms with Gasteiger partial charge in [-0.3, -0.25) is 4.79 Å². The summed E-state index contributed by atoms with van der Waals surface area (Å²) < 4.78 is 13.3. The van der Waals surface area contributed by atoms with Gasteiger partial charge in [-0.1, -0.05) is 30.3 Å². The fraction of sp³-hybridized carbons (Fsp3) is 0. The van der Waals surface area contributed by atoms with Crippen molar-refractivity contribution in [1.82, 2.24) is 0 Å². The Balaban J connectivity index is 2.64. The van der Waals surface area contributed by atoms with Gasteiger partial charge in [0, 0.05) is 6.08 Å². The average Bonchev–Trinajstić information content (AvgIpc) is 2.15. The van der Waals surface area contributed by atoms with Crippen LogP contribution in [-0.4, -0.2) is 5.91 Å². The summed E-state index contributed by atoms with van der Waals surface area (Å²) in [4.78, 5) is 10.8. The predicted molar refractivity (Wildman–Crippen MR) is 44.7 cm³/mol. The summed E-state index contributed by atoms with van der Waals surface area (Å²) in [5.74, 6) is -0.663. The smallest absolute Gasteiger partial charge is 0.241 e. The number of nitrogens with two attached hydrogens (primary N) is 1. The standard InChI is InChI=1S/C9H9NO/c10-9(11)7-6-8-4-2-1-3-5-8/h1-7H,(H2,10,11)/i/hD2. The molecule has 1 amide bonds. The number of hydrogen-bond acceptors (Lipinski definition) is 1. The van der Waals surface area contributed by atoms with Gasteiger partial charge in [-0.15, -0.1) is 0 Å². The van der Waals surface area contributed by atoms with Gasteiger partial charge >= 0.3 is 0 Å². The summed E-state index contributed by atoms with van der Waals surface area (Å²) in [5, 5.41) is 0. The van der Waals surface area contributed by atoms with Crippen LogP contribution >= 0.6 is 0 Å². The number of primary amides is 1. The van der Waals surface area contributed by atoms with E-state index in [0.717, 1.165) is 5.56 Å². The molecule has 0 aliphatic rings. The lowest BCUT2D eigenvalue weighted by molar-refractivity contribution is -0.113. The third kappa shape index (κ3) is 2.67. The highest BCUT2D eigenvalue weighted by Crippen LogP contribution is 1.99. The minimum atomic E-state index is -0.663. The maximum Gasteiger partial charge on any atom is 0.241 e. The van der Waals surface area contributed by atoms with Crippen molar-refractivity contribution >= 4 is 12.0 Å². The monoisotopic (exact) mass is 149 g/mol. The Hall–Kier alpha value is -1.57.